The number of benzene rings is 1. The molecular formula is C19H20N4O. The number of pyridine rings is 1. The molecule has 3 heterocycles. The Morgan fingerprint density at radius 1 is 1.25 bits per heavy atom. The number of hydrogen-bond donors (Lipinski definition) is 2. The zero-order valence-electron chi connectivity index (χ0n) is 13.8. The average Bonchev–Trinajstić information content (AvgIpc) is 3.15. The molecule has 0 saturated carbocycles. The van der Waals surface area contributed by atoms with Gasteiger partial charge in [0.15, 0.2) is 0 Å². The van der Waals surface area contributed by atoms with Gasteiger partial charge in [0.05, 0.1) is 17.0 Å². The average molecular weight is 320 g/mol. The number of fused-ring (bicyclic) bond motifs is 2. The molecule has 2 aromatic heterocycles. The number of nitrogens with zero attached hydrogens (tertiary/aromatic N) is 2. The number of hydrogen-bond acceptors (Lipinski definition) is 3. The molecule has 2 N–H and O–H groups in total. The summed E-state index contributed by atoms with van der Waals surface area (Å²) in [5.74, 6) is 1.20. The van der Waals surface area contributed by atoms with E-state index < -0.39 is 0 Å². The molecule has 0 saturated heterocycles. The fourth-order valence-corrected chi connectivity index (χ4v) is 3.66. The van der Waals surface area contributed by atoms with Crippen molar-refractivity contribution in [2.45, 2.75) is 32.6 Å². The molecule has 5 heteroatoms. The summed E-state index contributed by atoms with van der Waals surface area (Å²) in [6.07, 6.45) is 5.53. The normalized spacial score (nSPS) is 16.6. The zero-order valence-corrected chi connectivity index (χ0v) is 13.8. The summed E-state index contributed by atoms with van der Waals surface area (Å²) in [6, 6.07) is 7.93. The van der Waals surface area contributed by atoms with Crippen LogP contribution in [0.5, 0.6) is 0 Å². The van der Waals surface area contributed by atoms with Crippen LogP contribution in [0, 0.1) is 5.92 Å². The summed E-state index contributed by atoms with van der Waals surface area (Å²) in [5.41, 5.74) is 4.75. The quantitative estimate of drug-likeness (QED) is 0.760. The molecule has 0 aliphatic carbocycles. The van der Waals surface area contributed by atoms with E-state index in [9.17, 15) is 4.79 Å². The molecule has 5 nitrogen and oxygen atoms in total. The first kappa shape index (κ1) is 14.9. The van der Waals surface area contributed by atoms with Crippen molar-refractivity contribution >= 4 is 22.6 Å². The third kappa shape index (κ3) is 2.28. The van der Waals surface area contributed by atoms with Gasteiger partial charge in [-0.05, 0) is 35.7 Å². The van der Waals surface area contributed by atoms with Crippen molar-refractivity contribution in [2.75, 3.05) is 5.32 Å². The number of imidazole rings is 1. The summed E-state index contributed by atoms with van der Waals surface area (Å²) in [5, 5.41) is 3.04. The minimum atomic E-state index is -0.0714. The van der Waals surface area contributed by atoms with Crippen LogP contribution in [0.25, 0.3) is 22.4 Å². The number of aromatic amines is 1. The number of carbonyl (C=O) groups is 1. The predicted octanol–water partition coefficient (Wildman–Crippen LogP) is 4.10. The van der Waals surface area contributed by atoms with Gasteiger partial charge in [-0.15, -0.1) is 0 Å². The largest absolute Gasteiger partial charge is 0.338 e. The van der Waals surface area contributed by atoms with Crippen LogP contribution in [0.4, 0.5) is 5.69 Å². The summed E-state index contributed by atoms with van der Waals surface area (Å²) in [4.78, 5) is 24.6. The topological polar surface area (TPSA) is 70.7 Å². The maximum atomic E-state index is 12.4. The molecule has 1 unspecified atom stereocenters. The lowest BCUT2D eigenvalue weighted by atomic mass is 9.83. The van der Waals surface area contributed by atoms with Gasteiger partial charge in [-0.25, -0.2) is 4.98 Å². The van der Waals surface area contributed by atoms with Crippen molar-refractivity contribution in [2.24, 2.45) is 5.92 Å². The Balaban J connectivity index is 1.81. The molecule has 3 aromatic rings. The van der Waals surface area contributed by atoms with Gasteiger partial charge in [0, 0.05) is 23.6 Å². The summed E-state index contributed by atoms with van der Waals surface area (Å²) in [6.45, 7) is 4.29. The van der Waals surface area contributed by atoms with Gasteiger partial charge in [0.25, 0.3) is 0 Å². The van der Waals surface area contributed by atoms with Crippen LogP contribution in [0.3, 0.4) is 0 Å². The minimum Gasteiger partial charge on any atom is -0.338 e. The first-order chi connectivity index (χ1) is 11.7. The Labute approximate surface area is 140 Å². The number of amides is 1. The van der Waals surface area contributed by atoms with E-state index in [0.29, 0.717) is 5.92 Å². The van der Waals surface area contributed by atoms with Gasteiger partial charge in [0.2, 0.25) is 5.91 Å². The number of H-pyrrole nitrogens is 1. The Hall–Kier alpha value is -2.69. The van der Waals surface area contributed by atoms with Gasteiger partial charge in [-0.2, -0.15) is 0 Å². The highest BCUT2D eigenvalue weighted by atomic mass is 16.2. The molecule has 0 spiro atoms. The highest BCUT2D eigenvalue weighted by molar-refractivity contribution is 6.05. The first-order valence-corrected chi connectivity index (χ1v) is 8.46. The second-order valence-electron chi connectivity index (χ2n) is 6.33. The molecule has 122 valence electrons. The SMILES string of the molecule is CCC(CC)C1C(=O)Nc2cc3[nH]c(-c4cccnc4)nc3cc21. The summed E-state index contributed by atoms with van der Waals surface area (Å²) >= 11 is 0. The molecule has 0 fully saturated rings. The van der Waals surface area contributed by atoms with E-state index in [2.05, 4.69) is 35.2 Å². The maximum absolute atomic E-state index is 12.4. The maximum Gasteiger partial charge on any atom is 0.232 e. The van der Waals surface area contributed by atoms with E-state index >= 15 is 0 Å². The Bertz CT molecular complexity index is 896. The highest BCUT2D eigenvalue weighted by Gasteiger charge is 2.35. The Morgan fingerprint density at radius 3 is 2.79 bits per heavy atom. The predicted molar refractivity (Wildman–Crippen MR) is 94.8 cm³/mol. The van der Waals surface area contributed by atoms with Gasteiger partial charge in [-0.1, -0.05) is 26.7 Å². The van der Waals surface area contributed by atoms with Gasteiger partial charge in [0.1, 0.15) is 5.82 Å². The standard InChI is InChI=1S/C19H20N4O/c1-3-11(4-2)17-13-8-15-16(9-14(13)23-19(17)24)22-18(21-15)12-6-5-7-20-10-12/h5-11,17H,3-4H2,1-2H3,(H,21,22)(H,23,24). The zero-order chi connectivity index (χ0) is 16.7. The molecule has 1 aliphatic rings. The van der Waals surface area contributed by atoms with Crippen LogP contribution in [0.15, 0.2) is 36.7 Å². The van der Waals surface area contributed by atoms with E-state index in [-0.39, 0.29) is 11.8 Å². The lowest BCUT2D eigenvalue weighted by Gasteiger charge is -2.18. The molecule has 1 amide bonds. The molecule has 4 rings (SSSR count). The number of carbonyl (C=O) groups excluding carboxylic acids is 1. The Kier molecular flexibility index (Phi) is 3.56. The smallest absolute Gasteiger partial charge is 0.232 e. The van der Waals surface area contributed by atoms with Gasteiger partial charge >= 0.3 is 0 Å². The number of nitrogens with one attached hydrogen (secondary N) is 2. The van der Waals surface area contributed by atoms with Crippen molar-refractivity contribution < 1.29 is 4.79 Å². The minimum absolute atomic E-state index is 0.0714. The highest BCUT2D eigenvalue weighted by Crippen LogP contribution is 2.41. The second kappa shape index (κ2) is 5.74. The molecule has 24 heavy (non-hydrogen) atoms. The van der Waals surface area contributed by atoms with Gasteiger partial charge < -0.3 is 10.3 Å². The van der Waals surface area contributed by atoms with Crippen molar-refractivity contribution in [3.8, 4) is 11.4 Å². The van der Waals surface area contributed by atoms with Crippen molar-refractivity contribution in [1.82, 2.24) is 15.0 Å². The number of rotatable bonds is 4. The Morgan fingerprint density at radius 2 is 2.08 bits per heavy atom. The third-order valence-corrected chi connectivity index (χ3v) is 4.98. The first-order valence-electron chi connectivity index (χ1n) is 8.46. The van der Waals surface area contributed by atoms with Crippen LogP contribution in [-0.4, -0.2) is 20.9 Å². The number of aromatic nitrogens is 3. The molecule has 0 bridgehead atoms. The van der Waals surface area contributed by atoms with E-state index in [1.807, 2.05) is 18.2 Å². The van der Waals surface area contributed by atoms with Crippen LogP contribution in [-0.2, 0) is 4.79 Å². The van der Waals surface area contributed by atoms with Crippen LogP contribution < -0.4 is 5.32 Å². The van der Waals surface area contributed by atoms with Crippen molar-refractivity contribution in [3.05, 3.63) is 42.2 Å². The molecule has 0 radical (unpaired) electrons. The van der Waals surface area contributed by atoms with E-state index in [4.69, 9.17) is 4.98 Å². The van der Waals surface area contributed by atoms with Crippen LogP contribution in [0.2, 0.25) is 0 Å². The van der Waals surface area contributed by atoms with Crippen molar-refractivity contribution in [1.29, 1.82) is 0 Å². The van der Waals surface area contributed by atoms with Crippen LogP contribution >= 0.6 is 0 Å². The van der Waals surface area contributed by atoms with E-state index in [0.717, 1.165) is 46.5 Å². The van der Waals surface area contributed by atoms with Gasteiger partial charge in [-0.3, -0.25) is 9.78 Å². The van der Waals surface area contributed by atoms with E-state index in [1.165, 1.54) is 0 Å². The van der Waals surface area contributed by atoms with E-state index in [1.54, 1.807) is 12.4 Å². The molecule has 1 aromatic carbocycles. The summed E-state index contributed by atoms with van der Waals surface area (Å²) < 4.78 is 0. The fraction of sp³-hybridized carbons (Fsp3) is 0.316. The van der Waals surface area contributed by atoms with Crippen molar-refractivity contribution in [3.63, 3.8) is 0 Å². The lowest BCUT2D eigenvalue weighted by Crippen LogP contribution is -2.20. The third-order valence-electron chi connectivity index (χ3n) is 4.98. The molecule has 1 atom stereocenters. The molecule has 1 aliphatic heterocycles. The number of anilines is 1. The fourth-order valence-electron chi connectivity index (χ4n) is 3.66. The second-order valence-corrected chi connectivity index (χ2v) is 6.33. The molecular weight excluding hydrogens is 300 g/mol. The lowest BCUT2D eigenvalue weighted by molar-refractivity contribution is -0.118. The monoisotopic (exact) mass is 320 g/mol. The summed E-state index contributed by atoms with van der Waals surface area (Å²) in [7, 11) is 0. The van der Waals surface area contributed by atoms with Crippen LogP contribution in [0.1, 0.15) is 38.2 Å².